The zero-order valence-electron chi connectivity index (χ0n) is 10.8. The van der Waals surface area contributed by atoms with Gasteiger partial charge in [-0.3, -0.25) is 0 Å². The van der Waals surface area contributed by atoms with E-state index in [1.165, 1.54) is 25.3 Å². The van der Waals surface area contributed by atoms with E-state index in [-0.39, 0.29) is 10.8 Å². The zero-order chi connectivity index (χ0) is 13.0. The van der Waals surface area contributed by atoms with Crippen LogP contribution in [0.15, 0.2) is 18.2 Å². The van der Waals surface area contributed by atoms with Gasteiger partial charge in [0.1, 0.15) is 5.82 Å². The number of benzene rings is 1. The van der Waals surface area contributed by atoms with Gasteiger partial charge in [-0.15, -0.1) is 0 Å². The number of piperidine rings is 1. The van der Waals surface area contributed by atoms with E-state index in [1.807, 2.05) is 0 Å². The molecule has 0 amide bonds. The third kappa shape index (κ3) is 3.94. The molecule has 1 N–H and O–H groups in total. The molecule has 0 spiro atoms. The lowest BCUT2D eigenvalue weighted by Gasteiger charge is -2.28. The Bertz CT molecular complexity index is 391. The summed E-state index contributed by atoms with van der Waals surface area (Å²) in [6.45, 7) is 2.95. The van der Waals surface area contributed by atoms with Gasteiger partial charge in [-0.05, 0) is 44.1 Å². The third-order valence-electron chi connectivity index (χ3n) is 3.38. The van der Waals surface area contributed by atoms with Crippen molar-refractivity contribution in [3.63, 3.8) is 0 Å². The Balaban J connectivity index is 1.85. The molecule has 2 nitrogen and oxygen atoms in total. The van der Waals surface area contributed by atoms with Crippen molar-refractivity contribution in [2.75, 3.05) is 20.1 Å². The monoisotopic (exact) mass is 270 g/mol. The highest BCUT2D eigenvalue weighted by Crippen LogP contribution is 2.17. The van der Waals surface area contributed by atoms with E-state index in [1.54, 1.807) is 12.1 Å². The summed E-state index contributed by atoms with van der Waals surface area (Å²) in [7, 11) is 2.09. The normalized spacial score (nSPS) is 20.3. The molecular formula is C14H20ClFN2. The van der Waals surface area contributed by atoms with Gasteiger partial charge < -0.3 is 10.2 Å². The standard InChI is InChI=1S/C14H20ClFN2/c1-18(10-12-4-2-3-7-17-12)9-11-5-6-14(16)13(15)8-11/h5-6,8,12,17H,2-4,7,9-10H2,1H3. The number of nitrogens with one attached hydrogen (secondary N) is 1. The molecule has 0 radical (unpaired) electrons. The maximum atomic E-state index is 13.1. The number of rotatable bonds is 4. The van der Waals surface area contributed by atoms with Gasteiger partial charge in [-0.2, -0.15) is 0 Å². The first kappa shape index (κ1) is 13.8. The van der Waals surface area contributed by atoms with Crippen molar-refractivity contribution in [3.05, 3.63) is 34.6 Å². The summed E-state index contributed by atoms with van der Waals surface area (Å²) in [4.78, 5) is 2.26. The molecule has 1 saturated heterocycles. The molecule has 1 heterocycles. The van der Waals surface area contributed by atoms with E-state index in [0.717, 1.165) is 25.2 Å². The Labute approximate surface area is 113 Å². The minimum Gasteiger partial charge on any atom is -0.313 e. The van der Waals surface area contributed by atoms with Crippen LogP contribution in [-0.4, -0.2) is 31.1 Å². The lowest BCUT2D eigenvalue weighted by Crippen LogP contribution is -2.42. The van der Waals surface area contributed by atoms with Gasteiger partial charge in [0.05, 0.1) is 5.02 Å². The van der Waals surface area contributed by atoms with Crippen LogP contribution in [0.5, 0.6) is 0 Å². The minimum absolute atomic E-state index is 0.205. The SMILES string of the molecule is CN(Cc1ccc(F)c(Cl)c1)CC1CCCCN1. The molecule has 0 aliphatic carbocycles. The molecule has 1 fully saturated rings. The summed E-state index contributed by atoms with van der Waals surface area (Å²) in [5, 5.41) is 3.73. The second kappa shape index (κ2) is 6.50. The fourth-order valence-corrected chi connectivity index (χ4v) is 2.67. The van der Waals surface area contributed by atoms with E-state index in [9.17, 15) is 4.39 Å². The molecule has 0 aromatic heterocycles. The highest BCUT2D eigenvalue weighted by Gasteiger charge is 2.14. The molecule has 100 valence electrons. The molecule has 1 aromatic carbocycles. The largest absolute Gasteiger partial charge is 0.313 e. The summed E-state index contributed by atoms with van der Waals surface area (Å²) >= 11 is 5.78. The molecule has 0 saturated carbocycles. The first-order valence-electron chi connectivity index (χ1n) is 6.51. The van der Waals surface area contributed by atoms with Crippen LogP contribution < -0.4 is 5.32 Å². The van der Waals surface area contributed by atoms with Crippen LogP contribution in [0.4, 0.5) is 4.39 Å². The molecule has 1 aliphatic heterocycles. The van der Waals surface area contributed by atoms with E-state index in [4.69, 9.17) is 11.6 Å². The van der Waals surface area contributed by atoms with Gasteiger partial charge in [0.15, 0.2) is 0 Å². The number of hydrogen-bond acceptors (Lipinski definition) is 2. The first-order chi connectivity index (χ1) is 8.65. The highest BCUT2D eigenvalue weighted by atomic mass is 35.5. The van der Waals surface area contributed by atoms with Crippen molar-refractivity contribution in [1.82, 2.24) is 10.2 Å². The van der Waals surface area contributed by atoms with Crippen LogP contribution in [0.25, 0.3) is 0 Å². The Kier molecular flexibility index (Phi) is 4.98. The molecule has 1 aliphatic rings. The van der Waals surface area contributed by atoms with Gasteiger partial charge in [-0.25, -0.2) is 4.39 Å². The second-order valence-electron chi connectivity index (χ2n) is 5.09. The number of hydrogen-bond donors (Lipinski definition) is 1. The molecule has 1 aromatic rings. The Morgan fingerprint density at radius 2 is 2.28 bits per heavy atom. The molecule has 0 bridgehead atoms. The van der Waals surface area contributed by atoms with Crippen LogP contribution in [0.3, 0.4) is 0 Å². The molecule has 1 unspecified atom stereocenters. The van der Waals surface area contributed by atoms with Crippen LogP contribution in [-0.2, 0) is 6.54 Å². The van der Waals surface area contributed by atoms with Crippen molar-refractivity contribution < 1.29 is 4.39 Å². The lowest BCUT2D eigenvalue weighted by atomic mass is 10.0. The summed E-state index contributed by atoms with van der Waals surface area (Å²) in [5.41, 5.74) is 1.06. The van der Waals surface area contributed by atoms with Crippen molar-refractivity contribution in [2.24, 2.45) is 0 Å². The van der Waals surface area contributed by atoms with Crippen LogP contribution in [0.1, 0.15) is 24.8 Å². The summed E-state index contributed by atoms with van der Waals surface area (Å²) in [5.74, 6) is -0.350. The van der Waals surface area contributed by atoms with E-state index in [0.29, 0.717) is 6.04 Å². The topological polar surface area (TPSA) is 15.3 Å². The average Bonchev–Trinajstić information content (AvgIpc) is 2.35. The smallest absolute Gasteiger partial charge is 0.141 e. The fourth-order valence-electron chi connectivity index (χ4n) is 2.47. The molecule has 18 heavy (non-hydrogen) atoms. The highest BCUT2D eigenvalue weighted by molar-refractivity contribution is 6.30. The zero-order valence-corrected chi connectivity index (χ0v) is 11.5. The third-order valence-corrected chi connectivity index (χ3v) is 3.67. The van der Waals surface area contributed by atoms with Crippen molar-refractivity contribution in [1.29, 1.82) is 0 Å². The number of likely N-dealkylation sites (N-methyl/N-ethyl adjacent to an activating group) is 1. The van der Waals surface area contributed by atoms with E-state index >= 15 is 0 Å². The van der Waals surface area contributed by atoms with E-state index in [2.05, 4.69) is 17.3 Å². The first-order valence-corrected chi connectivity index (χ1v) is 6.89. The summed E-state index contributed by atoms with van der Waals surface area (Å²) < 4.78 is 13.1. The van der Waals surface area contributed by atoms with Crippen molar-refractivity contribution in [3.8, 4) is 0 Å². The molecule has 2 rings (SSSR count). The lowest BCUT2D eigenvalue weighted by molar-refractivity contribution is 0.256. The molecule has 1 atom stereocenters. The summed E-state index contributed by atoms with van der Waals surface area (Å²) in [6.07, 6.45) is 3.84. The quantitative estimate of drug-likeness (QED) is 0.905. The van der Waals surface area contributed by atoms with Crippen LogP contribution in [0, 0.1) is 5.82 Å². The van der Waals surface area contributed by atoms with Crippen LogP contribution >= 0.6 is 11.6 Å². The predicted octanol–water partition coefficient (Wildman–Crippen LogP) is 3.05. The molecule has 4 heteroatoms. The Morgan fingerprint density at radius 3 is 2.94 bits per heavy atom. The van der Waals surface area contributed by atoms with Gasteiger partial charge in [0, 0.05) is 19.1 Å². The number of halogens is 2. The minimum atomic E-state index is -0.350. The molecular weight excluding hydrogens is 251 g/mol. The second-order valence-corrected chi connectivity index (χ2v) is 5.50. The van der Waals surface area contributed by atoms with E-state index < -0.39 is 0 Å². The Morgan fingerprint density at radius 1 is 1.44 bits per heavy atom. The van der Waals surface area contributed by atoms with Gasteiger partial charge >= 0.3 is 0 Å². The maximum absolute atomic E-state index is 13.1. The average molecular weight is 271 g/mol. The van der Waals surface area contributed by atoms with Crippen molar-refractivity contribution >= 4 is 11.6 Å². The fraction of sp³-hybridized carbons (Fsp3) is 0.571. The van der Waals surface area contributed by atoms with Gasteiger partial charge in [0.25, 0.3) is 0 Å². The number of nitrogens with zero attached hydrogens (tertiary/aromatic N) is 1. The summed E-state index contributed by atoms with van der Waals surface area (Å²) in [6, 6.07) is 5.53. The predicted molar refractivity (Wildman–Crippen MR) is 73.4 cm³/mol. The van der Waals surface area contributed by atoms with Gasteiger partial charge in [-0.1, -0.05) is 24.1 Å². The van der Waals surface area contributed by atoms with Crippen LogP contribution in [0.2, 0.25) is 5.02 Å². The Hall–Kier alpha value is -0.640. The maximum Gasteiger partial charge on any atom is 0.141 e. The van der Waals surface area contributed by atoms with Gasteiger partial charge in [0.2, 0.25) is 0 Å². The van der Waals surface area contributed by atoms with Crippen molar-refractivity contribution in [2.45, 2.75) is 31.8 Å².